The zero-order valence-corrected chi connectivity index (χ0v) is 17.9. The van der Waals surface area contributed by atoms with E-state index in [1.807, 2.05) is 6.92 Å². The Bertz CT molecular complexity index is 1040. The number of anilines is 1. The molecule has 150 valence electrons. The average molecular weight is 473 g/mol. The number of benzene rings is 2. The molecule has 0 spiro atoms. The van der Waals surface area contributed by atoms with Crippen molar-refractivity contribution in [3.05, 3.63) is 67.8 Å². The molecule has 3 aromatic rings. The minimum atomic E-state index is -0.869. The van der Waals surface area contributed by atoms with Gasteiger partial charge in [0.15, 0.2) is 5.76 Å². The molecule has 0 atom stereocenters. The van der Waals surface area contributed by atoms with E-state index in [1.54, 1.807) is 36.4 Å². The number of nitrogens with one attached hydrogen (secondary N) is 1. The third kappa shape index (κ3) is 4.85. The molecule has 0 aliphatic carbocycles. The van der Waals surface area contributed by atoms with E-state index in [-0.39, 0.29) is 5.69 Å². The molecule has 0 fully saturated rings. The maximum absolute atomic E-state index is 12.2. The van der Waals surface area contributed by atoms with E-state index in [4.69, 9.17) is 55.8 Å². The molecule has 1 aromatic heterocycles. The Morgan fingerprint density at radius 1 is 1.10 bits per heavy atom. The van der Waals surface area contributed by atoms with Crippen LogP contribution in [0.1, 0.15) is 18.2 Å². The first-order valence-corrected chi connectivity index (χ1v) is 9.81. The molecule has 0 saturated heterocycles. The van der Waals surface area contributed by atoms with Crippen LogP contribution in [0.2, 0.25) is 20.1 Å². The monoisotopic (exact) mass is 471 g/mol. The topological polar surface area (TPSA) is 76.7 Å². The van der Waals surface area contributed by atoms with Crippen molar-refractivity contribution in [3.63, 3.8) is 0 Å². The van der Waals surface area contributed by atoms with E-state index in [9.17, 15) is 4.79 Å². The Labute approximate surface area is 186 Å². The molecule has 1 amide bonds. The van der Waals surface area contributed by atoms with Crippen LogP contribution >= 0.6 is 46.4 Å². The highest BCUT2D eigenvalue weighted by Crippen LogP contribution is 2.39. The first kappa shape index (κ1) is 21.5. The summed E-state index contributed by atoms with van der Waals surface area (Å²) in [7, 11) is 0. The van der Waals surface area contributed by atoms with E-state index in [2.05, 4.69) is 15.6 Å². The number of rotatable bonds is 5. The number of halogens is 4. The quantitative estimate of drug-likeness (QED) is 0.244. The van der Waals surface area contributed by atoms with Gasteiger partial charge in [-0.1, -0.05) is 75.8 Å². The summed E-state index contributed by atoms with van der Waals surface area (Å²) >= 11 is 24.6. The SMILES string of the molecule is CCc1onc(-c2c(Cl)cccc2Cl)c1NC(=O)O/N=C\c1c(Cl)cccc1Cl. The Kier molecular flexibility index (Phi) is 7.03. The molecule has 1 N–H and O–H groups in total. The van der Waals surface area contributed by atoms with Gasteiger partial charge in [0.05, 0.1) is 26.3 Å². The van der Waals surface area contributed by atoms with E-state index in [0.717, 1.165) is 0 Å². The van der Waals surface area contributed by atoms with Crippen LogP contribution in [0.5, 0.6) is 0 Å². The van der Waals surface area contributed by atoms with Crippen LogP contribution in [-0.2, 0) is 11.3 Å². The van der Waals surface area contributed by atoms with Crippen LogP contribution in [0.4, 0.5) is 10.5 Å². The third-order valence-electron chi connectivity index (χ3n) is 3.83. The molecule has 6 nitrogen and oxygen atoms in total. The Morgan fingerprint density at radius 3 is 2.28 bits per heavy atom. The standard InChI is InChI=1S/C19H13Cl4N3O3/c1-2-15-17(18(26-28-15)16-13(22)7-4-8-14(16)23)25-19(27)29-24-9-10-11(20)5-3-6-12(10)21/h3-9H,2H2,1H3,(H,25,27)/b24-9-. The normalized spacial score (nSPS) is 11.1. The van der Waals surface area contributed by atoms with Crippen molar-refractivity contribution in [2.24, 2.45) is 5.16 Å². The summed E-state index contributed by atoms with van der Waals surface area (Å²) in [5.74, 6) is 0.422. The van der Waals surface area contributed by atoms with Crippen molar-refractivity contribution in [3.8, 4) is 11.3 Å². The number of carbonyl (C=O) groups excluding carboxylic acids is 1. The molecule has 0 bridgehead atoms. The van der Waals surface area contributed by atoms with Crippen molar-refractivity contribution >= 4 is 64.4 Å². The van der Waals surface area contributed by atoms with Gasteiger partial charge < -0.3 is 4.52 Å². The predicted octanol–water partition coefficient (Wildman–Crippen LogP) is 7.10. The van der Waals surface area contributed by atoms with Gasteiger partial charge in [0.2, 0.25) is 0 Å². The first-order chi connectivity index (χ1) is 13.9. The number of oxime groups is 1. The second-order valence-corrected chi connectivity index (χ2v) is 7.28. The molecule has 0 aliphatic heterocycles. The summed E-state index contributed by atoms with van der Waals surface area (Å²) < 4.78 is 5.30. The molecule has 29 heavy (non-hydrogen) atoms. The summed E-state index contributed by atoms with van der Waals surface area (Å²) in [6.07, 6.45) is 0.833. The van der Waals surface area contributed by atoms with Gasteiger partial charge in [0, 0.05) is 17.5 Å². The molecule has 2 aromatic carbocycles. The molecule has 0 aliphatic rings. The van der Waals surface area contributed by atoms with E-state index in [1.165, 1.54) is 6.21 Å². The third-order valence-corrected chi connectivity index (χ3v) is 5.12. The summed E-state index contributed by atoms with van der Waals surface area (Å²) in [6, 6.07) is 9.98. The lowest BCUT2D eigenvalue weighted by Gasteiger charge is -2.07. The van der Waals surface area contributed by atoms with Gasteiger partial charge in [0.25, 0.3) is 0 Å². The zero-order chi connectivity index (χ0) is 21.0. The number of hydrogen-bond donors (Lipinski definition) is 1. The second-order valence-electron chi connectivity index (χ2n) is 5.65. The van der Waals surface area contributed by atoms with Gasteiger partial charge in [-0.15, -0.1) is 0 Å². The summed E-state index contributed by atoms with van der Waals surface area (Å²) in [5, 5.41) is 11.6. The fraction of sp³-hybridized carbons (Fsp3) is 0.105. The fourth-order valence-corrected chi connectivity index (χ4v) is 3.55. The van der Waals surface area contributed by atoms with Crippen molar-refractivity contribution < 1.29 is 14.2 Å². The highest BCUT2D eigenvalue weighted by atomic mass is 35.5. The van der Waals surface area contributed by atoms with E-state index in [0.29, 0.717) is 49.1 Å². The van der Waals surface area contributed by atoms with E-state index < -0.39 is 6.09 Å². The smallest absolute Gasteiger partial charge is 0.359 e. The number of amides is 1. The Morgan fingerprint density at radius 2 is 1.69 bits per heavy atom. The molecular weight excluding hydrogens is 460 g/mol. The number of nitrogens with zero attached hydrogens (tertiary/aromatic N) is 2. The van der Waals surface area contributed by atoms with Gasteiger partial charge in [-0.05, 0) is 24.3 Å². The lowest BCUT2D eigenvalue weighted by molar-refractivity contribution is 0.167. The van der Waals surface area contributed by atoms with Crippen LogP contribution in [0, 0.1) is 0 Å². The van der Waals surface area contributed by atoms with Crippen molar-refractivity contribution in [1.82, 2.24) is 5.16 Å². The zero-order valence-electron chi connectivity index (χ0n) is 14.9. The maximum atomic E-state index is 12.2. The van der Waals surface area contributed by atoms with Crippen LogP contribution in [-0.4, -0.2) is 17.5 Å². The molecule has 0 unspecified atom stereocenters. The van der Waals surface area contributed by atoms with Crippen molar-refractivity contribution in [2.45, 2.75) is 13.3 Å². The second kappa shape index (κ2) is 9.50. The number of carbonyl (C=O) groups is 1. The molecule has 0 saturated carbocycles. The lowest BCUT2D eigenvalue weighted by atomic mass is 10.1. The van der Waals surface area contributed by atoms with Crippen molar-refractivity contribution in [2.75, 3.05) is 5.32 Å². The van der Waals surface area contributed by atoms with E-state index >= 15 is 0 Å². The molecule has 1 heterocycles. The Hall–Kier alpha value is -2.25. The molecule has 3 rings (SSSR count). The van der Waals surface area contributed by atoms with Crippen LogP contribution < -0.4 is 5.32 Å². The average Bonchev–Trinajstić information content (AvgIpc) is 3.06. The van der Waals surface area contributed by atoms with Crippen molar-refractivity contribution in [1.29, 1.82) is 0 Å². The lowest BCUT2D eigenvalue weighted by Crippen LogP contribution is -2.12. The van der Waals surface area contributed by atoms with Crippen LogP contribution in [0.15, 0.2) is 46.1 Å². The van der Waals surface area contributed by atoms with Crippen LogP contribution in [0.25, 0.3) is 11.3 Å². The largest absolute Gasteiger partial charge is 0.438 e. The maximum Gasteiger partial charge on any atom is 0.438 e. The molecular formula is C19H13Cl4N3O3. The Balaban J connectivity index is 1.82. The minimum absolute atomic E-state index is 0.285. The predicted molar refractivity (Wildman–Crippen MR) is 115 cm³/mol. The van der Waals surface area contributed by atoms with Gasteiger partial charge >= 0.3 is 6.09 Å². The number of aromatic nitrogens is 1. The van der Waals surface area contributed by atoms with Gasteiger partial charge in [-0.25, -0.2) is 4.79 Å². The highest BCUT2D eigenvalue weighted by Gasteiger charge is 2.23. The van der Waals surface area contributed by atoms with Gasteiger partial charge in [0.1, 0.15) is 11.4 Å². The fourth-order valence-electron chi connectivity index (χ4n) is 2.47. The summed E-state index contributed by atoms with van der Waals surface area (Å²) in [4.78, 5) is 17.1. The number of aryl methyl sites for hydroxylation is 1. The molecule has 10 heteroatoms. The molecule has 0 radical (unpaired) electrons. The minimum Gasteiger partial charge on any atom is -0.359 e. The summed E-state index contributed by atoms with van der Waals surface area (Å²) in [6.45, 7) is 1.84. The first-order valence-electron chi connectivity index (χ1n) is 8.30. The van der Waals surface area contributed by atoms with Gasteiger partial charge in [-0.2, -0.15) is 0 Å². The van der Waals surface area contributed by atoms with Gasteiger partial charge in [-0.3, -0.25) is 10.2 Å². The van der Waals surface area contributed by atoms with Crippen LogP contribution in [0.3, 0.4) is 0 Å². The number of hydrogen-bond acceptors (Lipinski definition) is 5. The highest BCUT2D eigenvalue weighted by molar-refractivity contribution is 6.39. The summed E-state index contributed by atoms with van der Waals surface area (Å²) in [5.41, 5.74) is 1.43.